The second-order valence-electron chi connectivity index (χ2n) is 11.0. The molecule has 0 N–H and O–H groups in total. The third-order valence-corrected chi connectivity index (χ3v) is 9.74. The first-order valence-electron chi connectivity index (χ1n) is 12.6. The van der Waals surface area contributed by atoms with Crippen LogP contribution in [-0.4, -0.2) is 0 Å². The lowest BCUT2D eigenvalue weighted by Gasteiger charge is -2.57. The highest BCUT2D eigenvalue weighted by Gasteiger charge is 2.52. The van der Waals surface area contributed by atoms with Crippen molar-refractivity contribution >= 4 is 0 Å². The molecule has 0 aromatic rings. The molecule has 1 heteroatoms. The molecule has 0 aromatic heterocycles. The molecule has 4 fully saturated rings. The Kier molecular flexibility index (Phi) is 6.21. The van der Waals surface area contributed by atoms with Crippen molar-refractivity contribution in [3.63, 3.8) is 0 Å². The van der Waals surface area contributed by atoms with E-state index in [9.17, 15) is 5.26 Å². The van der Waals surface area contributed by atoms with Gasteiger partial charge in [-0.15, -0.1) is 0 Å². The van der Waals surface area contributed by atoms with Gasteiger partial charge in [-0.3, -0.25) is 0 Å². The smallest absolute Gasteiger partial charge is 0.0689 e. The van der Waals surface area contributed by atoms with Gasteiger partial charge in [-0.25, -0.2) is 0 Å². The van der Waals surface area contributed by atoms with Crippen LogP contribution in [0.3, 0.4) is 0 Å². The molecule has 8 atom stereocenters. The summed E-state index contributed by atoms with van der Waals surface area (Å²) in [5.74, 6) is 7.12. The molecule has 0 radical (unpaired) electrons. The lowest BCUT2D eigenvalue weighted by Crippen LogP contribution is -2.49. The van der Waals surface area contributed by atoms with E-state index in [-0.39, 0.29) is 5.41 Å². The van der Waals surface area contributed by atoms with Crippen LogP contribution >= 0.6 is 0 Å². The van der Waals surface area contributed by atoms with Crippen molar-refractivity contribution in [2.45, 2.75) is 110 Å². The van der Waals surface area contributed by atoms with Crippen LogP contribution in [0.2, 0.25) is 0 Å². The Bertz CT molecular complexity index is 531. The molecule has 27 heavy (non-hydrogen) atoms. The van der Waals surface area contributed by atoms with Crippen molar-refractivity contribution in [1.82, 2.24) is 0 Å². The molecule has 8 unspecified atom stereocenters. The Morgan fingerprint density at radius 1 is 0.815 bits per heavy atom. The number of hydrogen-bond donors (Lipinski definition) is 0. The normalized spacial score (nSPS) is 46.6. The van der Waals surface area contributed by atoms with E-state index in [2.05, 4.69) is 19.9 Å². The summed E-state index contributed by atoms with van der Waals surface area (Å²) < 4.78 is 0. The Morgan fingerprint density at radius 3 is 2.33 bits per heavy atom. The minimum absolute atomic E-state index is 0.0400. The Labute approximate surface area is 168 Å². The van der Waals surface area contributed by atoms with Gasteiger partial charge in [0, 0.05) is 0 Å². The maximum atomic E-state index is 9.97. The predicted molar refractivity (Wildman–Crippen MR) is 113 cm³/mol. The lowest BCUT2D eigenvalue weighted by atomic mass is 9.48. The van der Waals surface area contributed by atoms with Crippen LogP contribution < -0.4 is 0 Å². The van der Waals surface area contributed by atoms with Crippen LogP contribution in [0.5, 0.6) is 0 Å². The summed E-state index contributed by atoms with van der Waals surface area (Å²) in [5.41, 5.74) is 0.0400. The second kappa shape index (κ2) is 8.47. The molecule has 0 aromatic carbocycles. The van der Waals surface area contributed by atoms with E-state index in [4.69, 9.17) is 0 Å². The molecule has 0 aliphatic heterocycles. The highest BCUT2D eigenvalue weighted by atomic mass is 14.6. The van der Waals surface area contributed by atoms with Crippen LogP contribution in [0.1, 0.15) is 110 Å². The molecule has 0 amide bonds. The van der Waals surface area contributed by atoms with E-state index in [1.54, 1.807) is 12.8 Å². The average Bonchev–Trinajstić information content (AvgIpc) is 2.72. The zero-order valence-corrected chi connectivity index (χ0v) is 18.1. The molecule has 1 nitrogen and oxygen atoms in total. The maximum Gasteiger partial charge on any atom is 0.0689 e. The van der Waals surface area contributed by atoms with Crippen molar-refractivity contribution in [2.75, 3.05) is 0 Å². The summed E-state index contributed by atoms with van der Waals surface area (Å²) >= 11 is 0. The Morgan fingerprint density at radius 2 is 1.56 bits per heavy atom. The summed E-state index contributed by atoms with van der Waals surface area (Å²) in [6.45, 7) is 4.67. The van der Waals surface area contributed by atoms with Crippen LogP contribution in [0, 0.1) is 58.2 Å². The van der Waals surface area contributed by atoms with Gasteiger partial charge in [-0.1, -0.05) is 52.4 Å². The highest BCUT2D eigenvalue weighted by Crippen LogP contribution is 2.60. The number of unbranched alkanes of at least 4 members (excludes halogenated alkanes) is 1. The number of hydrogen-bond acceptors (Lipinski definition) is 1. The van der Waals surface area contributed by atoms with Gasteiger partial charge in [0.25, 0.3) is 0 Å². The SMILES string of the molecule is CCCCC1(C#N)CCC2C(CCC3C4CCCC(CCC)C4CCC23)C1. The highest BCUT2D eigenvalue weighted by molar-refractivity contribution is 5.07. The minimum Gasteiger partial charge on any atom is -0.198 e. The quantitative estimate of drug-likeness (QED) is 0.486. The van der Waals surface area contributed by atoms with Crippen LogP contribution in [-0.2, 0) is 0 Å². The third kappa shape index (κ3) is 3.72. The molecule has 0 saturated heterocycles. The van der Waals surface area contributed by atoms with Crippen LogP contribution in [0.4, 0.5) is 0 Å². The van der Waals surface area contributed by atoms with Crippen molar-refractivity contribution < 1.29 is 0 Å². The van der Waals surface area contributed by atoms with E-state index in [1.807, 2.05) is 0 Å². The zero-order valence-electron chi connectivity index (χ0n) is 18.1. The second-order valence-corrected chi connectivity index (χ2v) is 11.0. The summed E-state index contributed by atoms with van der Waals surface area (Å²) in [5, 5.41) is 9.97. The zero-order chi connectivity index (χ0) is 18.9. The van der Waals surface area contributed by atoms with Crippen LogP contribution in [0.15, 0.2) is 0 Å². The van der Waals surface area contributed by atoms with E-state index in [0.717, 1.165) is 41.4 Å². The molecular formula is C26H43N. The number of fused-ring (bicyclic) bond motifs is 5. The molecule has 4 saturated carbocycles. The fourth-order valence-electron chi connectivity index (χ4n) is 8.60. The van der Waals surface area contributed by atoms with Crippen molar-refractivity contribution in [3.05, 3.63) is 0 Å². The predicted octanol–water partition coefficient (Wildman–Crippen LogP) is 7.76. The number of rotatable bonds is 5. The van der Waals surface area contributed by atoms with Crippen LogP contribution in [0.25, 0.3) is 0 Å². The standard InChI is InChI=1S/C26H43N/c1-3-5-15-26(18-27)16-14-22-20(17-26)10-11-25-23-9-6-8-19(7-4-2)21(23)12-13-24(22)25/h19-25H,3-17H2,1-2H3. The molecule has 4 aliphatic carbocycles. The van der Waals surface area contributed by atoms with Gasteiger partial charge in [-0.05, 0) is 99.2 Å². The fraction of sp³-hybridized carbons (Fsp3) is 0.962. The summed E-state index contributed by atoms with van der Waals surface area (Å²) in [6, 6.07) is 2.82. The lowest BCUT2D eigenvalue weighted by molar-refractivity contribution is -0.0716. The van der Waals surface area contributed by atoms with E-state index in [0.29, 0.717) is 0 Å². The first-order valence-corrected chi connectivity index (χ1v) is 12.6. The van der Waals surface area contributed by atoms with Gasteiger partial charge < -0.3 is 0 Å². The summed E-state index contributed by atoms with van der Waals surface area (Å²) in [6.07, 6.45) is 21.0. The molecular weight excluding hydrogens is 326 g/mol. The number of nitrogens with zero attached hydrogens (tertiary/aromatic N) is 1. The largest absolute Gasteiger partial charge is 0.198 e. The molecule has 152 valence electrons. The topological polar surface area (TPSA) is 23.8 Å². The van der Waals surface area contributed by atoms with E-state index in [1.165, 1.54) is 83.5 Å². The van der Waals surface area contributed by atoms with Gasteiger partial charge >= 0.3 is 0 Å². The van der Waals surface area contributed by atoms with Crippen molar-refractivity contribution in [2.24, 2.45) is 46.8 Å². The maximum absolute atomic E-state index is 9.97. The average molecular weight is 370 g/mol. The molecule has 0 bridgehead atoms. The summed E-state index contributed by atoms with van der Waals surface area (Å²) in [4.78, 5) is 0. The van der Waals surface area contributed by atoms with Gasteiger partial charge in [0.1, 0.15) is 0 Å². The molecule has 4 aliphatic rings. The first kappa shape index (κ1) is 19.8. The minimum atomic E-state index is 0.0400. The van der Waals surface area contributed by atoms with E-state index >= 15 is 0 Å². The number of nitriles is 1. The van der Waals surface area contributed by atoms with Gasteiger partial charge in [0.15, 0.2) is 0 Å². The van der Waals surface area contributed by atoms with Gasteiger partial charge in [0.05, 0.1) is 11.5 Å². The monoisotopic (exact) mass is 369 g/mol. The molecule has 4 rings (SSSR count). The fourth-order valence-corrected chi connectivity index (χ4v) is 8.60. The van der Waals surface area contributed by atoms with E-state index < -0.39 is 0 Å². The summed E-state index contributed by atoms with van der Waals surface area (Å²) in [7, 11) is 0. The first-order chi connectivity index (χ1) is 13.2. The van der Waals surface area contributed by atoms with Gasteiger partial charge in [0.2, 0.25) is 0 Å². The molecule has 0 spiro atoms. The Balaban J connectivity index is 1.45. The molecule has 0 heterocycles. The van der Waals surface area contributed by atoms with Crippen molar-refractivity contribution in [1.29, 1.82) is 5.26 Å². The van der Waals surface area contributed by atoms with Crippen molar-refractivity contribution in [3.8, 4) is 6.07 Å². The van der Waals surface area contributed by atoms with Gasteiger partial charge in [-0.2, -0.15) is 5.26 Å². The Hall–Kier alpha value is -0.510. The third-order valence-electron chi connectivity index (χ3n) is 9.74.